The van der Waals surface area contributed by atoms with Crippen molar-refractivity contribution in [1.82, 2.24) is 0 Å². The Morgan fingerprint density at radius 2 is 2.13 bits per heavy atom. The van der Waals surface area contributed by atoms with Gasteiger partial charge in [0.25, 0.3) is 0 Å². The molecule has 1 saturated carbocycles. The van der Waals surface area contributed by atoms with Crippen molar-refractivity contribution >= 4 is 17.4 Å². The molecule has 1 aromatic carbocycles. The van der Waals surface area contributed by atoms with Crippen LogP contribution < -0.4 is 0 Å². The van der Waals surface area contributed by atoms with E-state index in [0.717, 1.165) is 23.4 Å². The molecule has 2 heteroatoms. The maximum atomic E-state index is 11.5. The SMILES string of the molecule is Cc1ccc(C2CCC(=O)C2C)cc1Cl. The molecular weight excluding hydrogens is 208 g/mol. The highest BCUT2D eigenvalue weighted by molar-refractivity contribution is 6.31. The van der Waals surface area contributed by atoms with Gasteiger partial charge in [0, 0.05) is 17.4 Å². The zero-order valence-corrected chi connectivity index (χ0v) is 9.84. The first kappa shape index (κ1) is 10.7. The highest BCUT2D eigenvalue weighted by Crippen LogP contribution is 2.38. The molecule has 0 radical (unpaired) electrons. The minimum absolute atomic E-state index is 0.156. The van der Waals surface area contributed by atoms with Gasteiger partial charge in [-0.25, -0.2) is 0 Å². The van der Waals surface area contributed by atoms with Crippen LogP contribution in [0.5, 0.6) is 0 Å². The summed E-state index contributed by atoms with van der Waals surface area (Å²) in [5.41, 5.74) is 2.31. The van der Waals surface area contributed by atoms with Gasteiger partial charge in [-0.2, -0.15) is 0 Å². The van der Waals surface area contributed by atoms with E-state index in [9.17, 15) is 4.79 Å². The van der Waals surface area contributed by atoms with E-state index in [2.05, 4.69) is 6.07 Å². The van der Waals surface area contributed by atoms with E-state index < -0.39 is 0 Å². The quantitative estimate of drug-likeness (QED) is 0.708. The van der Waals surface area contributed by atoms with Gasteiger partial charge in [-0.05, 0) is 36.5 Å². The number of halogens is 1. The molecule has 2 rings (SSSR count). The van der Waals surface area contributed by atoms with Crippen LogP contribution in [-0.4, -0.2) is 5.78 Å². The molecule has 1 fully saturated rings. The van der Waals surface area contributed by atoms with Gasteiger partial charge < -0.3 is 0 Å². The lowest BCUT2D eigenvalue weighted by Crippen LogP contribution is -2.08. The van der Waals surface area contributed by atoms with Crippen molar-refractivity contribution in [3.8, 4) is 0 Å². The van der Waals surface area contributed by atoms with Crippen molar-refractivity contribution in [2.24, 2.45) is 5.92 Å². The summed E-state index contributed by atoms with van der Waals surface area (Å²) in [5, 5.41) is 0.805. The lowest BCUT2D eigenvalue weighted by Gasteiger charge is -2.15. The van der Waals surface area contributed by atoms with Crippen LogP contribution in [0, 0.1) is 12.8 Å². The Labute approximate surface area is 95.4 Å². The van der Waals surface area contributed by atoms with Gasteiger partial charge in [-0.3, -0.25) is 4.79 Å². The largest absolute Gasteiger partial charge is 0.299 e. The molecule has 80 valence electrons. The van der Waals surface area contributed by atoms with E-state index in [1.54, 1.807) is 0 Å². The van der Waals surface area contributed by atoms with Crippen LogP contribution in [-0.2, 0) is 4.79 Å². The Hall–Kier alpha value is -0.820. The van der Waals surface area contributed by atoms with E-state index in [-0.39, 0.29) is 5.92 Å². The highest BCUT2D eigenvalue weighted by Gasteiger charge is 2.31. The summed E-state index contributed by atoms with van der Waals surface area (Å²) in [6.07, 6.45) is 1.69. The summed E-state index contributed by atoms with van der Waals surface area (Å²) in [6, 6.07) is 6.14. The minimum atomic E-state index is 0.156. The number of carbonyl (C=O) groups excluding carboxylic acids is 1. The highest BCUT2D eigenvalue weighted by atomic mass is 35.5. The van der Waals surface area contributed by atoms with Gasteiger partial charge in [-0.1, -0.05) is 30.7 Å². The van der Waals surface area contributed by atoms with Crippen LogP contribution in [0.15, 0.2) is 18.2 Å². The fourth-order valence-corrected chi connectivity index (χ4v) is 2.48. The minimum Gasteiger partial charge on any atom is -0.299 e. The molecular formula is C13H15ClO. The van der Waals surface area contributed by atoms with Crippen molar-refractivity contribution in [3.05, 3.63) is 34.3 Å². The summed E-state index contributed by atoms with van der Waals surface area (Å²) in [5.74, 6) is 0.913. The number of hydrogen-bond acceptors (Lipinski definition) is 1. The third kappa shape index (κ3) is 1.93. The van der Waals surface area contributed by atoms with Crippen LogP contribution in [0.1, 0.15) is 36.8 Å². The third-order valence-corrected chi connectivity index (χ3v) is 3.84. The van der Waals surface area contributed by atoms with E-state index >= 15 is 0 Å². The normalized spacial score (nSPS) is 25.9. The van der Waals surface area contributed by atoms with Crippen molar-refractivity contribution in [3.63, 3.8) is 0 Å². The average molecular weight is 223 g/mol. The summed E-state index contributed by atoms with van der Waals surface area (Å²) >= 11 is 6.09. The van der Waals surface area contributed by atoms with Crippen molar-refractivity contribution < 1.29 is 4.79 Å². The number of Topliss-reactive ketones (excluding diaryl/α,β-unsaturated/α-hetero) is 1. The van der Waals surface area contributed by atoms with E-state index in [1.807, 2.05) is 26.0 Å². The third-order valence-electron chi connectivity index (χ3n) is 3.44. The number of benzene rings is 1. The predicted octanol–water partition coefficient (Wildman–Crippen LogP) is 3.73. The Balaban J connectivity index is 2.30. The molecule has 1 aliphatic rings. The fraction of sp³-hybridized carbons (Fsp3) is 0.462. The van der Waals surface area contributed by atoms with Crippen LogP contribution in [0.25, 0.3) is 0 Å². The summed E-state index contributed by atoms with van der Waals surface area (Å²) in [4.78, 5) is 11.5. The topological polar surface area (TPSA) is 17.1 Å². The molecule has 0 aliphatic heterocycles. The molecule has 0 saturated heterocycles. The number of carbonyl (C=O) groups is 1. The first-order valence-corrected chi connectivity index (χ1v) is 5.76. The van der Waals surface area contributed by atoms with Crippen molar-refractivity contribution in [1.29, 1.82) is 0 Å². The second-order valence-electron chi connectivity index (χ2n) is 4.41. The average Bonchev–Trinajstić information content (AvgIpc) is 2.53. The van der Waals surface area contributed by atoms with Crippen molar-refractivity contribution in [2.75, 3.05) is 0 Å². The van der Waals surface area contributed by atoms with Gasteiger partial charge in [0.05, 0.1) is 0 Å². The molecule has 0 N–H and O–H groups in total. The predicted molar refractivity (Wildman–Crippen MR) is 62.3 cm³/mol. The second kappa shape index (κ2) is 3.97. The maximum Gasteiger partial charge on any atom is 0.136 e. The zero-order chi connectivity index (χ0) is 11.0. The van der Waals surface area contributed by atoms with Gasteiger partial charge in [0.15, 0.2) is 0 Å². The fourth-order valence-electron chi connectivity index (χ4n) is 2.29. The monoisotopic (exact) mass is 222 g/mol. The Morgan fingerprint density at radius 1 is 1.40 bits per heavy atom. The Kier molecular flexibility index (Phi) is 2.83. The maximum absolute atomic E-state index is 11.5. The standard InChI is InChI=1S/C13H15ClO/c1-8-3-4-10(7-12(8)14)11-5-6-13(15)9(11)2/h3-4,7,9,11H,5-6H2,1-2H3. The van der Waals surface area contributed by atoms with Gasteiger partial charge in [0.1, 0.15) is 5.78 Å². The van der Waals surface area contributed by atoms with Gasteiger partial charge in [-0.15, -0.1) is 0 Å². The molecule has 2 unspecified atom stereocenters. The van der Waals surface area contributed by atoms with Crippen LogP contribution in [0.2, 0.25) is 5.02 Å². The smallest absolute Gasteiger partial charge is 0.136 e. The summed E-state index contributed by atoms with van der Waals surface area (Å²) in [6.45, 7) is 4.02. The van der Waals surface area contributed by atoms with E-state index in [0.29, 0.717) is 11.7 Å². The number of ketones is 1. The Bertz CT molecular complexity index is 398. The van der Waals surface area contributed by atoms with Crippen molar-refractivity contribution in [2.45, 2.75) is 32.6 Å². The molecule has 15 heavy (non-hydrogen) atoms. The van der Waals surface area contributed by atoms with Crippen LogP contribution >= 0.6 is 11.6 Å². The number of rotatable bonds is 1. The summed E-state index contributed by atoms with van der Waals surface area (Å²) in [7, 11) is 0. The molecule has 2 atom stereocenters. The molecule has 0 amide bonds. The van der Waals surface area contributed by atoms with Gasteiger partial charge in [0.2, 0.25) is 0 Å². The lowest BCUT2D eigenvalue weighted by atomic mass is 9.89. The number of aryl methyl sites for hydroxylation is 1. The molecule has 1 aliphatic carbocycles. The van der Waals surface area contributed by atoms with E-state index in [1.165, 1.54) is 5.56 Å². The van der Waals surface area contributed by atoms with Crippen LogP contribution in [0.3, 0.4) is 0 Å². The first-order valence-electron chi connectivity index (χ1n) is 5.38. The summed E-state index contributed by atoms with van der Waals surface area (Å²) < 4.78 is 0. The van der Waals surface area contributed by atoms with Gasteiger partial charge >= 0.3 is 0 Å². The molecule has 1 aromatic rings. The molecule has 0 aromatic heterocycles. The lowest BCUT2D eigenvalue weighted by molar-refractivity contribution is -0.120. The molecule has 0 bridgehead atoms. The molecule has 0 heterocycles. The molecule has 0 spiro atoms. The van der Waals surface area contributed by atoms with Crippen LogP contribution in [0.4, 0.5) is 0 Å². The zero-order valence-electron chi connectivity index (χ0n) is 9.09. The van der Waals surface area contributed by atoms with E-state index in [4.69, 9.17) is 11.6 Å². The Morgan fingerprint density at radius 3 is 2.67 bits per heavy atom. The first-order chi connectivity index (χ1) is 7.09. The number of hydrogen-bond donors (Lipinski definition) is 0. The molecule has 1 nitrogen and oxygen atoms in total. The second-order valence-corrected chi connectivity index (χ2v) is 4.82.